The van der Waals surface area contributed by atoms with E-state index >= 15 is 0 Å². The zero-order valence-electron chi connectivity index (χ0n) is 16.0. The second kappa shape index (κ2) is 10.9. The summed E-state index contributed by atoms with van der Waals surface area (Å²) in [5, 5.41) is 4.02. The van der Waals surface area contributed by atoms with E-state index in [1.165, 1.54) is 4.90 Å². The van der Waals surface area contributed by atoms with Gasteiger partial charge in [-0.2, -0.15) is 5.10 Å². The molecule has 5 heteroatoms. The third-order valence-corrected chi connectivity index (χ3v) is 5.08. The van der Waals surface area contributed by atoms with Crippen molar-refractivity contribution in [2.24, 2.45) is 5.10 Å². The van der Waals surface area contributed by atoms with Gasteiger partial charge in [0.15, 0.2) is 0 Å². The van der Waals surface area contributed by atoms with Crippen molar-refractivity contribution in [3.05, 3.63) is 108 Å². The molecule has 0 aliphatic carbocycles. The lowest BCUT2D eigenvalue weighted by Crippen LogP contribution is -2.17. The Hall–Kier alpha value is -3.31. The maximum absolute atomic E-state index is 12.2. The van der Waals surface area contributed by atoms with E-state index < -0.39 is 0 Å². The summed E-state index contributed by atoms with van der Waals surface area (Å²) in [5.41, 5.74) is 5.16. The van der Waals surface area contributed by atoms with E-state index in [2.05, 4.69) is 29.2 Å². The number of thioether (sulfide) groups is 1. The summed E-state index contributed by atoms with van der Waals surface area (Å²) in [6.07, 6.45) is 3.29. The van der Waals surface area contributed by atoms with Gasteiger partial charge in [-0.05, 0) is 59.7 Å². The van der Waals surface area contributed by atoms with E-state index in [0.717, 1.165) is 22.6 Å². The normalized spacial score (nSPS) is 10.6. The van der Waals surface area contributed by atoms with E-state index in [-0.39, 0.29) is 5.91 Å². The zero-order chi connectivity index (χ0) is 20.3. The number of carbonyl (C=O) groups is 1. The van der Waals surface area contributed by atoms with Gasteiger partial charge in [0.05, 0.1) is 6.21 Å². The SMILES string of the molecule is C=CCOc1ccc(/C=N\NC(=O)c2ccc(CSc3ccccc3)cc2)cc1. The fraction of sp³-hybridized carbons (Fsp3) is 0.0833. The van der Waals surface area contributed by atoms with E-state index in [9.17, 15) is 4.79 Å². The molecule has 0 fully saturated rings. The Bertz CT molecular complexity index is 952. The van der Waals surface area contributed by atoms with Crippen molar-refractivity contribution in [3.8, 4) is 5.75 Å². The van der Waals surface area contributed by atoms with Gasteiger partial charge in [0, 0.05) is 16.2 Å². The van der Waals surface area contributed by atoms with Crippen LogP contribution in [0, 0.1) is 0 Å². The molecule has 3 aromatic rings. The molecule has 1 amide bonds. The first-order valence-electron chi connectivity index (χ1n) is 9.18. The highest BCUT2D eigenvalue weighted by Crippen LogP contribution is 2.22. The van der Waals surface area contributed by atoms with Crippen LogP contribution in [0.2, 0.25) is 0 Å². The molecule has 0 spiro atoms. The molecule has 0 saturated carbocycles. The average Bonchev–Trinajstić information content (AvgIpc) is 2.78. The average molecular weight is 403 g/mol. The fourth-order valence-corrected chi connectivity index (χ4v) is 3.35. The van der Waals surface area contributed by atoms with E-state index in [1.54, 1.807) is 24.1 Å². The highest BCUT2D eigenvalue weighted by molar-refractivity contribution is 7.98. The van der Waals surface area contributed by atoms with Crippen LogP contribution in [-0.4, -0.2) is 18.7 Å². The minimum absolute atomic E-state index is 0.241. The van der Waals surface area contributed by atoms with Gasteiger partial charge in [0.2, 0.25) is 0 Å². The van der Waals surface area contributed by atoms with Crippen molar-refractivity contribution in [2.45, 2.75) is 10.6 Å². The predicted octanol–water partition coefficient (Wildman–Crippen LogP) is 5.31. The molecule has 146 valence electrons. The van der Waals surface area contributed by atoms with Crippen LogP contribution in [0.5, 0.6) is 5.75 Å². The first-order valence-corrected chi connectivity index (χ1v) is 10.2. The van der Waals surface area contributed by atoms with E-state index in [4.69, 9.17) is 4.74 Å². The van der Waals surface area contributed by atoms with Gasteiger partial charge in [-0.3, -0.25) is 4.79 Å². The predicted molar refractivity (Wildman–Crippen MR) is 120 cm³/mol. The van der Waals surface area contributed by atoms with Crippen molar-refractivity contribution < 1.29 is 9.53 Å². The summed E-state index contributed by atoms with van der Waals surface area (Å²) < 4.78 is 5.43. The molecule has 0 aliphatic heterocycles. The van der Waals surface area contributed by atoms with Crippen molar-refractivity contribution in [1.29, 1.82) is 0 Å². The van der Waals surface area contributed by atoms with Crippen LogP contribution in [0.3, 0.4) is 0 Å². The molecule has 1 N–H and O–H groups in total. The number of carbonyl (C=O) groups excluding carboxylic acids is 1. The largest absolute Gasteiger partial charge is 0.490 e. The maximum Gasteiger partial charge on any atom is 0.271 e. The Kier molecular flexibility index (Phi) is 7.66. The number of hydrogen-bond donors (Lipinski definition) is 1. The van der Waals surface area contributed by atoms with Gasteiger partial charge in [0.1, 0.15) is 12.4 Å². The Morgan fingerprint density at radius 3 is 2.41 bits per heavy atom. The number of ether oxygens (including phenoxy) is 1. The molecule has 3 aromatic carbocycles. The van der Waals surface area contributed by atoms with Gasteiger partial charge in [-0.1, -0.05) is 43.0 Å². The highest BCUT2D eigenvalue weighted by atomic mass is 32.2. The molecular formula is C24H22N2O2S. The summed E-state index contributed by atoms with van der Waals surface area (Å²) in [5.74, 6) is 1.38. The Morgan fingerprint density at radius 1 is 1.00 bits per heavy atom. The maximum atomic E-state index is 12.2. The molecule has 3 rings (SSSR count). The number of benzene rings is 3. The quantitative estimate of drug-likeness (QED) is 0.228. The minimum Gasteiger partial charge on any atom is -0.490 e. The van der Waals surface area contributed by atoms with Crippen LogP contribution in [0.15, 0.2) is 102 Å². The van der Waals surface area contributed by atoms with Gasteiger partial charge in [0.25, 0.3) is 5.91 Å². The number of nitrogens with one attached hydrogen (secondary N) is 1. The number of rotatable bonds is 9. The van der Waals surface area contributed by atoms with Crippen molar-refractivity contribution >= 4 is 23.9 Å². The summed E-state index contributed by atoms with van der Waals surface area (Å²) in [4.78, 5) is 13.5. The van der Waals surface area contributed by atoms with E-state index in [1.807, 2.05) is 66.7 Å². The summed E-state index contributed by atoms with van der Waals surface area (Å²) in [6, 6.07) is 25.2. The van der Waals surface area contributed by atoms with Crippen molar-refractivity contribution in [2.75, 3.05) is 6.61 Å². The Morgan fingerprint density at radius 2 is 1.72 bits per heavy atom. The van der Waals surface area contributed by atoms with Crippen LogP contribution in [0.4, 0.5) is 0 Å². The third kappa shape index (κ3) is 6.66. The van der Waals surface area contributed by atoms with Crippen LogP contribution in [0.25, 0.3) is 0 Å². The summed E-state index contributed by atoms with van der Waals surface area (Å²) in [6.45, 7) is 4.08. The number of hydrazone groups is 1. The first kappa shape index (κ1) is 20.4. The number of nitrogens with zero attached hydrogens (tertiary/aromatic N) is 1. The molecule has 0 radical (unpaired) electrons. The molecule has 0 unspecified atom stereocenters. The van der Waals surface area contributed by atoms with Crippen molar-refractivity contribution in [3.63, 3.8) is 0 Å². The van der Waals surface area contributed by atoms with Crippen molar-refractivity contribution in [1.82, 2.24) is 5.43 Å². The molecule has 0 saturated heterocycles. The lowest BCUT2D eigenvalue weighted by atomic mass is 10.1. The van der Waals surface area contributed by atoms with Crippen LogP contribution < -0.4 is 10.2 Å². The number of hydrogen-bond acceptors (Lipinski definition) is 4. The van der Waals surface area contributed by atoms with Gasteiger partial charge < -0.3 is 4.74 Å². The molecule has 4 nitrogen and oxygen atoms in total. The molecule has 29 heavy (non-hydrogen) atoms. The lowest BCUT2D eigenvalue weighted by Gasteiger charge is -2.04. The van der Waals surface area contributed by atoms with E-state index in [0.29, 0.717) is 12.2 Å². The van der Waals surface area contributed by atoms with Crippen LogP contribution in [-0.2, 0) is 5.75 Å². The Labute approximate surface area is 175 Å². The topological polar surface area (TPSA) is 50.7 Å². The van der Waals surface area contributed by atoms with Gasteiger partial charge in [-0.25, -0.2) is 5.43 Å². The van der Waals surface area contributed by atoms with Gasteiger partial charge in [-0.15, -0.1) is 11.8 Å². The number of amides is 1. The highest BCUT2D eigenvalue weighted by Gasteiger charge is 2.04. The molecule has 0 bridgehead atoms. The molecule has 0 heterocycles. The smallest absolute Gasteiger partial charge is 0.271 e. The first-order chi connectivity index (χ1) is 14.2. The van der Waals surface area contributed by atoms with Crippen LogP contribution in [0.1, 0.15) is 21.5 Å². The van der Waals surface area contributed by atoms with Gasteiger partial charge >= 0.3 is 0 Å². The fourth-order valence-electron chi connectivity index (χ4n) is 2.47. The standard InChI is InChI=1S/C24H22N2O2S/c1-2-16-28-22-14-10-19(11-15-22)17-25-26-24(27)21-12-8-20(9-13-21)18-29-23-6-4-3-5-7-23/h2-15,17H,1,16,18H2,(H,26,27)/b25-17-. The minimum atomic E-state index is -0.241. The second-order valence-corrected chi connectivity index (χ2v) is 7.22. The Balaban J connectivity index is 1.48. The summed E-state index contributed by atoms with van der Waals surface area (Å²) in [7, 11) is 0. The zero-order valence-corrected chi connectivity index (χ0v) is 16.8. The second-order valence-electron chi connectivity index (χ2n) is 6.17. The molecule has 0 aliphatic rings. The van der Waals surface area contributed by atoms with Crippen LogP contribution >= 0.6 is 11.8 Å². The molecule has 0 atom stereocenters. The molecule has 0 aromatic heterocycles. The lowest BCUT2D eigenvalue weighted by molar-refractivity contribution is 0.0955. The third-order valence-electron chi connectivity index (χ3n) is 3.99. The molecular weight excluding hydrogens is 380 g/mol. The monoisotopic (exact) mass is 402 g/mol. The summed E-state index contributed by atoms with van der Waals surface area (Å²) >= 11 is 1.77.